The maximum atomic E-state index is 11.7. The number of nitrogens with zero attached hydrogens (tertiary/aromatic N) is 1. The lowest BCUT2D eigenvalue weighted by molar-refractivity contribution is 0.194. The van der Waals surface area contributed by atoms with E-state index in [0.29, 0.717) is 17.0 Å². The van der Waals surface area contributed by atoms with Crippen LogP contribution in [-0.2, 0) is 11.2 Å². The molecule has 1 saturated carbocycles. The molecule has 0 atom stereocenters. The highest BCUT2D eigenvalue weighted by Crippen LogP contribution is 2.41. The fourth-order valence-electron chi connectivity index (χ4n) is 1.65. The minimum absolute atomic E-state index is 0.0654. The van der Waals surface area contributed by atoms with E-state index in [0.717, 1.165) is 37.2 Å². The van der Waals surface area contributed by atoms with E-state index in [2.05, 4.69) is 25.9 Å². The number of aryl methyl sites for hydroxylation is 1. The van der Waals surface area contributed by atoms with Crippen molar-refractivity contribution < 1.29 is 4.74 Å². The van der Waals surface area contributed by atoms with Crippen LogP contribution in [-0.4, -0.2) is 23.7 Å². The highest BCUT2D eigenvalue weighted by Gasteiger charge is 2.28. The third-order valence-electron chi connectivity index (χ3n) is 2.66. The van der Waals surface area contributed by atoms with E-state index in [4.69, 9.17) is 4.74 Å². The summed E-state index contributed by atoms with van der Waals surface area (Å²) >= 11 is 3.31. The number of hydrogen-bond acceptors (Lipinski definition) is 3. The molecule has 5 heteroatoms. The first-order chi connectivity index (χ1) is 7.72. The zero-order chi connectivity index (χ0) is 11.5. The van der Waals surface area contributed by atoms with Gasteiger partial charge in [0.25, 0.3) is 5.56 Å². The van der Waals surface area contributed by atoms with Gasteiger partial charge in [-0.15, -0.1) is 0 Å². The summed E-state index contributed by atoms with van der Waals surface area (Å²) in [5, 5.41) is 0. The second-order valence-corrected chi connectivity index (χ2v) is 4.88. The van der Waals surface area contributed by atoms with E-state index < -0.39 is 0 Å². The average molecular weight is 287 g/mol. The van der Waals surface area contributed by atoms with Crippen LogP contribution in [0.25, 0.3) is 0 Å². The van der Waals surface area contributed by atoms with Crippen LogP contribution in [0.3, 0.4) is 0 Å². The van der Waals surface area contributed by atoms with Crippen molar-refractivity contribution in [1.82, 2.24) is 9.97 Å². The van der Waals surface area contributed by atoms with Gasteiger partial charge in [0, 0.05) is 26.1 Å². The quantitative estimate of drug-likeness (QED) is 0.843. The number of nitrogens with one attached hydrogen (secondary N) is 1. The van der Waals surface area contributed by atoms with Gasteiger partial charge in [-0.3, -0.25) is 4.79 Å². The van der Waals surface area contributed by atoms with Crippen molar-refractivity contribution in [2.45, 2.75) is 31.6 Å². The van der Waals surface area contributed by atoms with Gasteiger partial charge in [-0.05, 0) is 35.2 Å². The predicted molar refractivity (Wildman–Crippen MR) is 64.7 cm³/mol. The molecule has 1 aliphatic rings. The summed E-state index contributed by atoms with van der Waals surface area (Å²) in [6.45, 7) is 0.693. The van der Waals surface area contributed by atoms with E-state index in [1.54, 1.807) is 7.11 Å². The molecule has 16 heavy (non-hydrogen) atoms. The largest absolute Gasteiger partial charge is 0.385 e. The fraction of sp³-hybridized carbons (Fsp3) is 0.636. The van der Waals surface area contributed by atoms with E-state index in [1.165, 1.54) is 0 Å². The molecule has 4 nitrogen and oxygen atoms in total. The van der Waals surface area contributed by atoms with Crippen LogP contribution in [0.1, 0.15) is 36.7 Å². The molecular formula is C11H15BrN2O2. The summed E-state index contributed by atoms with van der Waals surface area (Å²) in [6.07, 6.45) is 3.93. The maximum Gasteiger partial charge on any atom is 0.265 e. The summed E-state index contributed by atoms with van der Waals surface area (Å²) < 4.78 is 5.58. The standard InChI is InChI=1S/C11H15BrN2O2/c1-16-6-2-3-8-13-10(7-4-5-7)9(12)11(15)14-8/h7H,2-6H2,1H3,(H,13,14,15). The van der Waals surface area contributed by atoms with Crippen LogP contribution in [0.5, 0.6) is 0 Å². The number of rotatable bonds is 5. The normalized spacial score (nSPS) is 15.4. The Labute approximate surface area is 103 Å². The second kappa shape index (κ2) is 5.10. The van der Waals surface area contributed by atoms with Gasteiger partial charge < -0.3 is 9.72 Å². The summed E-state index contributed by atoms with van der Waals surface area (Å²) in [6, 6.07) is 0. The molecule has 88 valence electrons. The smallest absolute Gasteiger partial charge is 0.265 e. The lowest BCUT2D eigenvalue weighted by Crippen LogP contribution is -2.15. The van der Waals surface area contributed by atoms with Crippen LogP contribution in [0.2, 0.25) is 0 Å². The Morgan fingerprint density at radius 1 is 1.56 bits per heavy atom. The fourth-order valence-corrected chi connectivity index (χ4v) is 2.17. The molecule has 1 aromatic heterocycles. The predicted octanol–water partition coefficient (Wildman–Crippen LogP) is 1.99. The summed E-state index contributed by atoms with van der Waals surface area (Å²) in [4.78, 5) is 18.9. The molecule has 2 rings (SSSR count). The van der Waals surface area contributed by atoms with Crippen molar-refractivity contribution in [3.8, 4) is 0 Å². The number of hydrogen-bond donors (Lipinski definition) is 1. The Morgan fingerprint density at radius 2 is 2.31 bits per heavy atom. The number of methoxy groups -OCH3 is 1. The Morgan fingerprint density at radius 3 is 2.94 bits per heavy atom. The molecule has 0 aromatic carbocycles. The van der Waals surface area contributed by atoms with Crippen molar-refractivity contribution in [2.75, 3.05) is 13.7 Å². The summed E-state index contributed by atoms with van der Waals surface area (Å²) in [5.74, 6) is 1.25. The van der Waals surface area contributed by atoms with Crippen molar-refractivity contribution >= 4 is 15.9 Å². The van der Waals surface area contributed by atoms with Crippen molar-refractivity contribution in [2.24, 2.45) is 0 Å². The van der Waals surface area contributed by atoms with Crippen LogP contribution in [0, 0.1) is 0 Å². The van der Waals surface area contributed by atoms with Crippen LogP contribution >= 0.6 is 15.9 Å². The van der Waals surface area contributed by atoms with E-state index in [-0.39, 0.29) is 5.56 Å². The topological polar surface area (TPSA) is 55.0 Å². The lowest BCUT2D eigenvalue weighted by Gasteiger charge is -2.05. The number of ether oxygens (including phenoxy) is 1. The van der Waals surface area contributed by atoms with Gasteiger partial charge in [0.1, 0.15) is 10.3 Å². The van der Waals surface area contributed by atoms with Gasteiger partial charge >= 0.3 is 0 Å². The monoisotopic (exact) mass is 286 g/mol. The van der Waals surface area contributed by atoms with Gasteiger partial charge in [0.2, 0.25) is 0 Å². The van der Waals surface area contributed by atoms with Crippen molar-refractivity contribution in [1.29, 1.82) is 0 Å². The second-order valence-electron chi connectivity index (χ2n) is 4.08. The molecule has 0 unspecified atom stereocenters. The first-order valence-corrected chi connectivity index (χ1v) is 6.29. The van der Waals surface area contributed by atoms with E-state index in [1.807, 2.05) is 0 Å². The van der Waals surface area contributed by atoms with Gasteiger partial charge in [0.15, 0.2) is 0 Å². The first-order valence-electron chi connectivity index (χ1n) is 5.50. The van der Waals surface area contributed by atoms with E-state index >= 15 is 0 Å². The zero-order valence-corrected chi connectivity index (χ0v) is 10.8. The average Bonchev–Trinajstić information content (AvgIpc) is 3.07. The van der Waals surface area contributed by atoms with Crippen LogP contribution in [0.4, 0.5) is 0 Å². The van der Waals surface area contributed by atoms with Crippen molar-refractivity contribution in [3.05, 3.63) is 26.3 Å². The van der Waals surface area contributed by atoms with Crippen LogP contribution < -0.4 is 5.56 Å². The Hall–Kier alpha value is -0.680. The zero-order valence-electron chi connectivity index (χ0n) is 9.25. The molecule has 1 aliphatic carbocycles. The molecule has 0 saturated heterocycles. The highest BCUT2D eigenvalue weighted by molar-refractivity contribution is 9.10. The SMILES string of the molecule is COCCCc1nc(C2CC2)c(Br)c(=O)[nH]1. The Bertz CT molecular complexity index is 426. The number of aromatic nitrogens is 2. The van der Waals surface area contributed by atoms with Gasteiger partial charge in [-0.2, -0.15) is 0 Å². The summed E-state index contributed by atoms with van der Waals surface area (Å²) in [7, 11) is 1.67. The molecule has 0 spiro atoms. The lowest BCUT2D eigenvalue weighted by atomic mass is 10.2. The number of aromatic amines is 1. The molecule has 1 fully saturated rings. The third kappa shape index (κ3) is 2.71. The minimum atomic E-state index is -0.0654. The van der Waals surface area contributed by atoms with Gasteiger partial charge in [-0.1, -0.05) is 0 Å². The maximum absolute atomic E-state index is 11.7. The van der Waals surface area contributed by atoms with Gasteiger partial charge in [0.05, 0.1) is 5.69 Å². The highest BCUT2D eigenvalue weighted by atomic mass is 79.9. The van der Waals surface area contributed by atoms with E-state index in [9.17, 15) is 4.79 Å². The molecule has 1 aromatic rings. The number of H-pyrrole nitrogens is 1. The molecule has 0 amide bonds. The minimum Gasteiger partial charge on any atom is -0.385 e. The Balaban J connectivity index is 2.16. The Kier molecular flexibility index (Phi) is 3.76. The van der Waals surface area contributed by atoms with Crippen LogP contribution in [0.15, 0.2) is 9.27 Å². The molecule has 0 radical (unpaired) electrons. The molecule has 1 heterocycles. The van der Waals surface area contributed by atoms with Gasteiger partial charge in [-0.25, -0.2) is 4.98 Å². The molecule has 0 bridgehead atoms. The number of halogens is 1. The molecule has 0 aliphatic heterocycles. The molecule has 1 N–H and O–H groups in total. The van der Waals surface area contributed by atoms with Crippen molar-refractivity contribution in [3.63, 3.8) is 0 Å². The third-order valence-corrected chi connectivity index (χ3v) is 3.43. The summed E-state index contributed by atoms with van der Waals surface area (Å²) in [5.41, 5.74) is 0.862. The first kappa shape index (κ1) is 11.8. The molecular weight excluding hydrogens is 272 g/mol.